The van der Waals surface area contributed by atoms with Gasteiger partial charge in [-0.05, 0) is 35.9 Å². The zero-order valence-electron chi connectivity index (χ0n) is 14.5. The smallest absolute Gasteiger partial charge is 0.238 e. The molecule has 7 heteroatoms. The first kappa shape index (κ1) is 18.6. The van der Waals surface area contributed by atoms with Crippen molar-refractivity contribution in [3.8, 4) is 5.75 Å². The summed E-state index contributed by atoms with van der Waals surface area (Å²) in [4.78, 5) is 14.6. The Labute approximate surface area is 157 Å². The fourth-order valence-electron chi connectivity index (χ4n) is 3.13. The van der Waals surface area contributed by atoms with Gasteiger partial charge in [0.25, 0.3) is 0 Å². The lowest BCUT2D eigenvalue weighted by Crippen LogP contribution is -2.48. The molecule has 2 N–H and O–H groups in total. The number of hydrogen-bond donors (Lipinski definition) is 2. The van der Waals surface area contributed by atoms with Gasteiger partial charge in [-0.1, -0.05) is 23.7 Å². The van der Waals surface area contributed by atoms with Gasteiger partial charge in [0.2, 0.25) is 5.91 Å². The Kier molecular flexibility index (Phi) is 6.08. The van der Waals surface area contributed by atoms with Crippen molar-refractivity contribution in [3.63, 3.8) is 0 Å². The summed E-state index contributed by atoms with van der Waals surface area (Å²) in [6.07, 6.45) is 0. The molecule has 0 aliphatic carbocycles. The van der Waals surface area contributed by atoms with Crippen LogP contribution in [0.25, 0.3) is 0 Å². The molecular weight excluding hydrogens is 357 g/mol. The van der Waals surface area contributed by atoms with Gasteiger partial charge >= 0.3 is 0 Å². The van der Waals surface area contributed by atoms with Gasteiger partial charge in [-0.15, -0.1) is 0 Å². The van der Waals surface area contributed by atoms with Crippen molar-refractivity contribution in [3.05, 3.63) is 58.9 Å². The van der Waals surface area contributed by atoms with E-state index in [1.54, 1.807) is 24.3 Å². The Morgan fingerprint density at radius 1 is 1.38 bits per heavy atom. The number of hydrogen-bond acceptors (Lipinski definition) is 4. The number of nitrogens with one attached hydrogen (secondary N) is 2. The Bertz CT molecular complexity index is 787. The van der Waals surface area contributed by atoms with Gasteiger partial charge in [0.1, 0.15) is 11.6 Å². The van der Waals surface area contributed by atoms with E-state index >= 15 is 0 Å². The highest BCUT2D eigenvalue weighted by Crippen LogP contribution is 2.28. The van der Waals surface area contributed by atoms with Crippen LogP contribution >= 0.6 is 11.6 Å². The molecule has 2 aromatic rings. The van der Waals surface area contributed by atoms with E-state index in [0.29, 0.717) is 29.5 Å². The van der Waals surface area contributed by atoms with Crippen LogP contribution in [0.15, 0.2) is 42.5 Å². The van der Waals surface area contributed by atoms with E-state index in [0.717, 1.165) is 12.1 Å². The maximum atomic E-state index is 13.6. The molecule has 1 saturated heterocycles. The van der Waals surface area contributed by atoms with Gasteiger partial charge in [-0.2, -0.15) is 0 Å². The molecule has 1 aliphatic heterocycles. The second kappa shape index (κ2) is 8.49. The number of benzene rings is 2. The molecule has 0 radical (unpaired) electrons. The van der Waals surface area contributed by atoms with Gasteiger partial charge in [-0.3, -0.25) is 9.69 Å². The molecule has 2 aromatic carbocycles. The maximum Gasteiger partial charge on any atom is 0.238 e. The Hall–Kier alpha value is -2.15. The number of anilines is 1. The lowest BCUT2D eigenvalue weighted by Gasteiger charge is -2.36. The number of amides is 1. The van der Waals surface area contributed by atoms with Gasteiger partial charge in [0, 0.05) is 30.7 Å². The highest BCUT2D eigenvalue weighted by Gasteiger charge is 2.26. The average molecular weight is 378 g/mol. The zero-order valence-corrected chi connectivity index (χ0v) is 15.2. The molecule has 1 atom stereocenters. The molecule has 0 bridgehead atoms. The number of carbonyl (C=O) groups is 1. The van der Waals surface area contributed by atoms with Crippen LogP contribution in [0.2, 0.25) is 5.02 Å². The molecule has 1 fully saturated rings. The molecule has 1 amide bonds. The first-order valence-corrected chi connectivity index (χ1v) is 8.78. The minimum Gasteiger partial charge on any atom is -0.495 e. The number of rotatable bonds is 5. The Balaban J connectivity index is 1.72. The van der Waals surface area contributed by atoms with Crippen LogP contribution < -0.4 is 15.4 Å². The van der Waals surface area contributed by atoms with Crippen molar-refractivity contribution in [2.75, 3.05) is 38.6 Å². The summed E-state index contributed by atoms with van der Waals surface area (Å²) in [6, 6.07) is 11.5. The van der Waals surface area contributed by atoms with Crippen LogP contribution in [0.3, 0.4) is 0 Å². The molecule has 1 unspecified atom stereocenters. The summed E-state index contributed by atoms with van der Waals surface area (Å²) in [5.41, 5.74) is 1.38. The lowest BCUT2D eigenvalue weighted by atomic mass is 10.0. The molecule has 0 saturated carbocycles. The van der Waals surface area contributed by atoms with Gasteiger partial charge < -0.3 is 15.4 Å². The summed E-state index contributed by atoms with van der Waals surface area (Å²) in [5.74, 6) is 0.0970. The first-order valence-electron chi connectivity index (χ1n) is 8.40. The molecule has 138 valence electrons. The summed E-state index contributed by atoms with van der Waals surface area (Å²) in [7, 11) is 1.54. The number of carbonyl (C=O) groups excluding carboxylic acids is 1. The van der Waals surface area contributed by atoms with E-state index < -0.39 is 0 Å². The Morgan fingerprint density at radius 3 is 3.00 bits per heavy atom. The predicted octanol–water partition coefficient (Wildman–Crippen LogP) is 3.07. The van der Waals surface area contributed by atoms with Crippen molar-refractivity contribution in [2.24, 2.45) is 0 Å². The van der Waals surface area contributed by atoms with Gasteiger partial charge in [0.15, 0.2) is 0 Å². The average Bonchev–Trinajstić information content (AvgIpc) is 2.62. The van der Waals surface area contributed by atoms with E-state index in [9.17, 15) is 9.18 Å². The van der Waals surface area contributed by atoms with Crippen LogP contribution in [0.5, 0.6) is 5.75 Å². The van der Waals surface area contributed by atoms with E-state index in [2.05, 4.69) is 10.6 Å². The summed E-state index contributed by atoms with van der Waals surface area (Å²) < 4.78 is 18.8. The molecule has 0 spiro atoms. The summed E-state index contributed by atoms with van der Waals surface area (Å²) in [5, 5.41) is 6.66. The number of nitrogens with zero attached hydrogens (tertiary/aromatic N) is 1. The molecular formula is C19H21ClFN3O2. The lowest BCUT2D eigenvalue weighted by molar-refractivity contribution is -0.118. The third-order valence-electron chi connectivity index (χ3n) is 4.37. The van der Waals surface area contributed by atoms with Gasteiger partial charge in [0.05, 0.1) is 19.3 Å². The molecule has 3 rings (SSSR count). The minimum atomic E-state index is -0.277. The third-order valence-corrected chi connectivity index (χ3v) is 4.61. The van der Waals surface area contributed by atoms with E-state index in [4.69, 9.17) is 16.3 Å². The van der Waals surface area contributed by atoms with Crippen LogP contribution in [0, 0.1) is 5.82 Å². The van der Waals surface area contributed by atoms with Crippen LogP contribution in [0.1, 0.15) is 11.6 Å². The van der Waals surface area contributed by atoms with Crippen molar-refractivity contribution in [2.45, 2.75) is 6.04 Å². The highest BCUT2D eigenvalue weighted by molar-refractivity contribution is 6.31. The standard InChI is InChI=1S/C19H21ClFN3O2/c1-26-18-6-5-14(20)10-16(18)23-19(25)12-24-8-7-22-11-17(24)13-3-2-4-15(21)9-13/h2-6,9-10,17,22H,7-8,11-12H2,1H3,(H,23,25). The molecule has 0 aromatic heterocycles. The zero-order chi connectivity index (χ0) is 18.5. The quantitative estimate of drug-likeness (QED) is 0.840. The fraction of sp³-hybridized carbons (Fsp3) is 0.316. The molecule has 5 nitrogen and oxygen atoms in total. The Morgan fingerprint density at radius 2 is 2.23 bits per heavy atom. The topological polar surface area (TPSA) is 53.6 Å². The number of ether oxygens (including phenoxy) is 1. The van der Waals surface area contributed by atoms with Crippen molar-refractivity contribution >= 4 is 23.2 Å². The first-order chi connectivity index (χ1) is 12.6. The van der Waals surface area contributed by atoms with E-state index in [-0.39, 0.29) is 24.3 Å². The van der Waals surface area contributed by atoms with Crippen LogP contribution in [-0.4, -0.2) is 44.1 Å². The SMILES string of the molecule is COc1ccc(Cl)cc1NC(=O)CN1CCNCC1c1cccc(F)c1. The largest absolute Gasteiger partial charge is 0.495 e. The minimum absolute atomic E-state index is 0.0635. The third kappa shape index (κ3) is 4.52. The fourth-order valence-corrected chi connectivity index (χ4v) is 3.30. The normalized spacial score (nSPS) is 17.7. The van der Waals surface area contributed by atoms with Crippen molar-refractivity contribution in [1.82, 2.24) is 10.2 Å². The summed E-state index contributed by atoms with van der Waals surface area (Å²) >= 11 is 6.01. The van der Waals surface area contributed by atoms with Crippen molar-refractivity contribution < 1.29 is 13.9 Å². The summed E-state index contributed by atoms with van der Waals surface area (Å²) in [6.45, 7) is 2.33. The maximum absolute atomic E-state index is 13.6. The van der Waals surface area contributed by atoms with Crippen LogP contribution in [-0.2, 0) is 4.79 Å². The number of methoxy groups -OCH3 is 1. The highest BCUT2D eigenvalue weighted by atomic mass is 35.5. The second-order valence-corrected chi connectivity index (χ2v) is 6.57. The number of piperazine rings is 1. The molecule has 1 aliphatic rings. The van der Waals surface area contributed by atoms with E-state index in [1.165, 1.54) is 19.2 Å². The number of halogens is 2. The second-order valence-electron chi connectivity index (χ2n) is 6.14. The monoisotopic (exact) mass is 377 g/mol. The molecule has 1 heterocycles. The van der Waals surface area contributed by atoms with Crippen LogP contribution in [0.4, 0.5) is 10.1 Å². The van der Waals surface area contributed by atoms with Gasteiger partial charge in [-0.25, -0.2) is 4.39 Å². The molecule has 26 heavy (non-hydrogen) atoms. The van der Waals surface area contributed by atoms with E-state index in [1.807, 2.05) is 11.0 Å². The van der Waals surface area contributed by atoms with Crippen molar-refractivity contribution in [1.29, 1.82) is 0 Å². The predicted molar refractivity (Wildman–Crippen MR) is 100 cm³/mol.